The lowest BCUT2D eigenvalue weighted by Gasteiger charge is -2.58. The molecule has 2 nitrogen and oxygen atoms in total. The van der Waals surface area contributed by atoms with E-state index in [1.165, 1.54) is 50.5 Å². The molecule has 158 valence electrons. The molecule has 0 spiro atoms. The van der Waals surface area contributed by atoms with Gasteiger partial charge in [-0.05, 0) is 97.9 Å². The third-order valence-electron chi connectivity index (χ3n) is 10.4. The minimum absolute atomic E-state index is 0.0693. The zero-order valence-electron chi connectivity index (χ0n) is 18.8. The number of ketones is 1. The quantitative estimate of drug-likeness (QED) is 0.523. The molecule has 0 aromatic heterocycles. The predicted octanol–water partition coefficient (Wildman–Crippen LogP) is 6.71. The maximum atomic E-state index is 11.9. The molecule has 6 aliphatic rings. The van der Waals surface area contributed by atoms with Crippen LogP contribution in [-0.2, 0) is 4.79 Å². The lowest BCUT2D eigenvalue weighted by atomic mass is 9.45. The number of nitrogens with zero attached hydrogens (tertiary/aromatic N) is 1. The summed E-state index contributed by atoms with van der Waals surface area (Å²) in [4.78, 5) is 11.9. The van der Waals surface area contributed by atoms with E-state index in [-0.39, 0.29) is 10.8 Å². The highest BCUT2D eigenvalue weighted by molar-refractivity contribution is 5.91. The molecule has 5 fully saturated rings. The molecule has 0 aromatic rings. The third kappa shape index (κ3) is 2.61. The Morgan fingerprint density at radius 1 is 1.03 bits per heavy atom. The zero-order chi connectivity index (χ0) is 20.4. The van der Waals surface area contributed by atoms with Gasteiger partial charge in [0.15, 0.2) is 5.78 Å². The molecule has 0 aliphatic heterocycles. The number of hydrogen-bond acceptors (Lipinski definition) is 2. The second kappa shape index (κ2) is 6.96. The summed E-state index contributed by atoms with van der Waals surface area (Å²) in [6, 6.07) is 2.94. The monoisotopic (exact) mass is 393 g/mol. The van der Waals surface area contributed by atoms with Crippen molar-refractivity contribution in [3.05, 3.63) is 11.6 Å². The molecule has 0 amide bonds. The van der Waals surface area contributed by atoms with E-state index in [1.807, 2.05) is 6.08 Å². The Labute approximate surface area is 177 Å². The van der Waals surface area contributed by atoms with E-state index in [4.69, 9.17) is 0 Å². The highest BCUT2D eigenvalue weighted by atomic mass is 16.1. The van der Waals surface area contributed by atoms with Crippen molar-refractivity contribution in [3.63, 3.8) is 0 Å². The lowest BCUT2D eigenvalue weighted by Crippen LogP contribution is -2.53. The summed E-state index contributed by atoms with van der Waals surface area (Å²) in [6.45, 7) is 7.08. The van der Waals surface area contributed by atoms with Crippen molar-refractivity contribution < 1.29 is 4.79 Å². The molecular formula is C27H39NO. The van der Waals surface area contributed by atoms with E-state index < -0.39 is 0 Å². The molecule has 0 N–H and O–H groups in total. The number of allylic oxidation sites excluding steroid dienone is 1. The van der Waals surface area contributed by atoms with Gasteiger partial charge < -0.3 is 0 Å². The molecule has 6 rings (SSSR count). The predicted molar refractivity (Wildman–Crippen MR) is 116 cm³/mol. The first kappa shape index (κ1) is 19.8. The lowest BCUT2D eigenvalue weighted by molar-refractivity contribution is -0.116. The van der Waals surface area contributed by atoms with Crippen molar-refractivity contribution in [2.24, 2.45) is 52.3 Å². The van der Waals surface area contributed by atoms with Gasteiger partial charge in [-0.3, -0.25) is 4.79 Å². The van der Waals surface area contributed by atoms with Gasteiger partial charge in [0.05, 0.1) is 11.5 Å². The van der Waals surface area contributed by atoms with Gasteiger partial charge in [0.25, 0.3) is 0 Å². The number of fused-ring (bicyclic) bond motifs is 7. The standard InChI is InChI=1S/C24H33NO.C3H6/c1-4-23-11-10-18-17-9-7-16(26)12-15(17)6-8-19(18)22(23)20-14(3)21(20)24(23,5-2)13-25;1-2-3-1/h12,14,17-22H,4-11H2,1-3H3;1-3H2/t14?,17?,18?,19?,20?,21?,22-,23?,24+;/m1./s1. The van der Waals surface area contributed by atoms with Gasteiger partial charge in [-0.25, -0.2) is 0 Å². The van der Waals surface area contributed by atoms with Crippen molar-refractivity contribution in [1.82, 2.24) is 0 Å². The van der Waals surface area contributed by atoms with Gasteiger partial charge in [0.2, 0.25) is 0 Å². The van der Waals surface area contributed by atoms with E-state index in [0.717, 1.165) is 55.3 Å². The number of rotatable bonds is 2. The Balaban J connectivity index is 0.000000556. The fraction of sp³-hybridized carbons (Fsp3) is 0.852. The average molecular weight is 394 g/mol. The van der Waals surface area contributed by atoms with Gasteiger partial charge in [-0.2, -0.15) is 5.26 Å². The Kier molecular flexibility index (Phi) is 4.76. The molecule has 5 saturated carbocycles. The molecule has 0 aromatic carbocycles. The first-order chi connectivity index (χ1) is 14.0. The van der Waals surface area contributed by atoms with Crippen LogP contribution in [0.15, 0.2) is 11.6 Å². The number of carbonyl (C=O) groups excluding carboxylic acids is 1. The molecule has 0 saturated heterocycles. The van der Waals surface area contributed by atoms with Crippen LogP contribution in [0.1, 0.15) is 91.4 Å². The zero-order valence-corrected chi connectivity index (χ0v) is 18.8. The van der Waals surface area contributed by atoms with Crippen LogP contribution in [0.3, 0.4) is 0 Å². The molecule has 0 bridgehead atoms. The van der Waals surface area contributed by atoms with Crippen LogP contribution >= 0.6 is 0 Å². The van der Waals surface area contributed by atoms with Crippen LogP contribution in [0.25, 0.3) is 0 Å². The topological polar surface area (TPSA) is 40.9 Å². The first-order valence-electron chi connectivity index (χ1n) is 12.7. The summed E-state index contributed by atoms with van der Waals surface area (Å²) >= 11 is 0. The van der Waals surface area contributed by atoms with Crippen LogP contribution in [0.4, 0.5) is 0 Å². The molecule has 0 radical (unpaired) electrons. The van der Waals surface area contributed by atoms with Gasteiger partial charge >= 0.3 is 0 Å². The van der Waals surface area contributed by atoms with Crippen LogP contribution in [0, 0.1) is 63.6 Å². The largest absolute Gasteiger partial charge is 0.295 e. The van der Waals surface area contributed by atoms with Crippen LogP contribution in [0.5, 0.6) is 0 Å². The normalized spacial score (nSPS) is 51.2. The maximum absolute atomic E-state index is 11.9. The van der Waals surface area contributed by atoms with E-state index in [9.17, 15) is 10.1 Å². The fourth-order valence-corrected chi connectivity index (χ4v) is 9.23. The highest BCUT2D eigenvalue weighted by Gasteiger charge is 2.79. The molecule has 2 heteroatoms. The first-order valence-corrected chi connectivity index (χ1v) is 12.7. The SMILES string of the molecule is C1CC1.CCC12CCC3C4CCC(=O)C=C4CCC3[C@@H]1C1C(C)C1[C@@]2(C#N)CC. The van der Waals surface area contributed by atoms with Gasteiger partial charge in [0, 0.05) is 6.42 Å². The summed E-state index contributed by atoms with van der Waals surface area (Å²) in [6.07, 6.45) is 15.6. The average Bonchev–Trinajstić information content (AvgIpc) is 3.67. The van der Waals surface area contributed by atoms with Crippen molar-refractivity contribution in [3.8, 4) is 6.07 Å². The van der Waals surface area contributed by atoms with Gasteiger partial charge in [0.1, 0.15) is 0 Å². The highest BCUT2D eigenvalue weighted by Crippen LogP contribution is 2.82. The third-order valence-corrected chi connectivity index (χ3v) is 10.4. The second-order valence-corrected chi connectivity index (χ2v) is 11.2. The van der Waals surface area contributed by atoms with Gasteiger partial charge in [-0.15, -0.1) is 0 Å². The smallest absolute Gasteiger partial charge is 0.155 e. The second-order valence-electron chi connectivity index (χ2n) is 11.2. The molecule has 9 atom stereocenters. The van der Waals surface area contributed by atoms with E-state index >= 15 is 0 Å². The summed E-state index contributed by atoms with van der Waals surface area (Å²) < 4.78 is 0. The van der Waals surface area contributed by atoms with Crippen LogP contribution in [-0.4, -0.2) is 5.78 Å². The number of nitriles is 1. The number of hydrogen-bond donors (Lipinski definition) is 0. The van der Waals surface area contributed by atoms with Crippen molar-refractivity contribution in [2.45, 2.75) is 91.4 Å². The minimum Gasteiger partial charge on any atom is -0.295 e. The van der Waals surface area contributed by atoms with Crippen molar-refractivity contribution >= 4 is 5.78 Å². The fourth-order valence-electron chi connectivity index (χ4n) is 9.23. The van der Waals surface area contributed by atoms with Crippen LogP contribution < -0.4 is 0 Å². The van der Waals surface area contributed by atoms with Crippen molar-refractivity contribution in [1.29, 1.82) is 5.26 Å². The summed E-state index contributed by atoms with van der Waals surface area (Å²) in [5, 5.41) is 10.4. The Morgan fingerprint density at radius 3 is 2.41 bits per heavy atom. The Hall–Kier alpha value is -1.10. The number of carbonyl (C=O) groups is 1. The van der Waals surface area contributed by atoms with E-state index in [2.05, 4.69) is 26.8 Å². The summed E-state index contributed by atoms with van der Waals surface area (Å²) in [5.74, 6) is 5.61. The van der Waals surface area contributed by atoms with Gasteiger partial charge in [-0.1, -0.05) is 45.6 Å². The minimum atomic E-state index is -0.0693. The molecule has 29 heavy (non-hydrogen) atoms. The molecule has 6 aliphatic carbocycles. The Morgan fingerprint density at radius 2 is 1.79 bits per heavy atom. The van der Waals surface area contributed by atoms with Crippen LogP contribution in [0.2, 0.25) is 0 Å². The summed E-state index contributed by atoms with van der Waals surface area (Å²) in [5.41, 5.74) is 1.68. The Bertz CT molecular complexity index is 756. The summed E-state index contributed by atoms with van der Waals surface area (Å²) in [7, 11) is 0. The van der Waals surface area contributed by atoms with Crippen molar-refractivity contribution in [2.75, 3.05) is 0 Å². The molecule has 0 heterocycles. The molecular weight excluding hydrogens is 354 g/mol. The van der Waals surface area contributed by atoms with E-state index in [1.54, 1.807) is 0 Å². The maximum Gasteiger partial charge on any atom is 0.155 e. The molecule has 7 unspecified atom stereocenters. The van der Waals surface area contributed by atoms with E-state index in [0.29, 0.717) is 17.6 Å².